The Hall–Kier alpha value is -0.530. The first-order valence-corrected chi connectivity index (χ1v) is 6.98. The number of hydrogen-bond donors (Lipinski definition) is 1. The normalized spacial score (nSPS) is 26.8. The molecule has 3 atom stereocenters. The molecule has 1 fully saturated rings. The lowest BCUT2D eigenvalue weighted by atomic mass is 9.76. The summed E-state index contributed by atoms with van der Waals surface area (Å²) in [5.74, 6) is 1.44. The Balaban J connectivity index is 2.18. The van der Waals surface area contributed by atoms with E-state index < -0.39 is 0 Å². The summed E-state index contributed by atoms with van der Waals surface area (Å²) in [6.07, 6.45) is 5.20. The van der Waals surface area contributed by atoms with Crippen LogP contribution in [0.4, 0.5) is 0 Å². The standard InChI is InChI=1S/C15H22ClN/c1-10-5-3-6-12(9-10)15(17)13-7-4-8-14(16)11(13)2/h4,7-8,10,12,15H,3,5-6,9,17H2,1-2H3. The fourth-order valence-corrected chi connectivity index (χ4v) is 3.23. The quantitative estimate of drug-likeness (QED) is 0.824. The molecule has 0 aromatic heterocycles. The van der Waals surface area contributed by atoms with Crippen molar-refractivity contribution in [3.8, 4) is 0 Å². The first-order valence-electron chi connectivity index (χ1n) is 6.60. The molecule has 0 saturated heterocycles. The molecular formula is C15H22ClN. The Labute approximate surface area is 109 Å². The van der Waals surface area contributed by atoms with E-state index in [9.17, 15) is 0 Å². The van der Waals surface area contributed by atoms with Crippen LogP contribution in [0.1, 0.15) is 49.8 Å². The van der Waals surface area contributed by atoms with Crippen molar-refractivity contribution >= 4 is 11.6 Å². The van der Waals surface area contributed by atoms with Crippen molar-refractivity contribution in [2.45, 2.75) is 45.6 Å². The van der Waals surface area contributed by atoms with Gasteiger partial charge in [0.25, 0.3) is 0 Å². The molecule has 0 amide bonds. The van der Waals surface area contributed by atoms with E-state index >= 15 is 0 Å². The van der Waals surface area contributed by atoms with Crippen LogP contribution in [0.5, 0.6) is 0 Å². The summed E-state index contributed by atoms with van der Waals surface area (Å²) < 4.78 is 0. The van der Waals surface area contributed by atoms with Gasteiger partial charge in [0.1, 0.15) is 0 Å². The number of nitrogens with two attached hydrogens (primary N) is 1. The minimum absolute atomic E-state index is 0.149. The van der Waals surface area contributed by atoms with Crippen molar-refractivity contribution in [2.24, 2.45) is 17.6 Å². The second-order valence-electron chi connectivity index (χ2n) is 5.51. The number of benzene rings is 1. The molecule has 1 aromatic rings. The Morgan fingerprint density at radius 1 is 1.35 bits per heavy atom. The summed E-state index contributed by atoms with van der Waals surface area (Å²) in [6, 6.07) is 6.23. The highest BCUT2D eigenvalue weighted by molar-refractivity contribution is 6.31. The lowest BCUT2D eigenvalue weighted by Crippen LogP contribution is -2.26. The third kappa shape index (κ3) is 2.83. The van der Waals surface area contributed by atoms with Gasteiger partial charge in [0.2, 0.25) is 0 Å². The van der Waals surface area contributed by atoms with E-state index in [2.05, 4.69) is 19.9 Å². The summed E-state index contributed by atoms with van der Waals surface area (Å²) in [5, 5.41) is 0.835. The van der Waals surface area contributed by atoms with E-state index in [-0.39, 0.29) is 6.04 Å². The van der Waals surface area contributed by atoms with Gasteiger partial charge >= 0.3 is 0 Å². The van der Waals surface area contributed by atoms with Gasteiger partial charge in [-0.2, -0.15) is 0 Å². The zero-order valence-corrected chi connectivity index (χ0v) is 11.5. The van der Waals surface area contributed by atoms with Gasteiger partial charge < -0.3 is 5.73 Å². The average Bonchev–Trinajstić information content (AvgIpc) is 2.32. The minimum atomic E-state index is 0.149. The molecule has 2 heteroatoms. The van der Waals surface area contributed by atoms with Crippen LogP contribution >= 0.6 is 11.6 Å². The third-order valence-corrected chi connectivity index (χ3v) is 4.56. The molecule has 0 radical (unpaired) electrons. The van der Waals surface area contributed by atoms with Crippen molar-refractivity contribution in [1.29, 1.82) is 0 Å². The van der Waals surface area contributed by atoms with Gasteiger partial charge in [-0.1, -0.05) is 43.5 Å². The summed E-state index contributed by atoms with van der Waals surface area (Å²) in [7, 11) is 0. The SMILES string of the molecule is Cc1c(Cl)cccc1C(N)C1CCCC(C)C1. The van der Waals surface area contributed by atoms with Crippen LogP contribution in [-0.2, 0) is 0 Å². The average molecular weight is 252 g/mol. The van der Waals surface area contributed by atoms with Crippen molar-refractivity contribution in [3.63, 3.8) is 0 Å². The van der Waals surface area contributed by atoms with E-state index in [1.807, 2.05) is 12.1 Å². The van der Waals surface area contributed by atoms with Gasteiger partial charge in [0, 0.05) is 11.1 Å². The van der Waals surface area contributed by atoms with Gasteiger partial charge in [-0.15, -0.1) is 0 Å². The van der Waals surface area contributed by atoms with E-state index in [0.717, 1.165) is 16.5 Å². The van der Waals surface area contributed by atoms with E-state index in [1.54, 1.807) is 0 Å². The molecule has 1 aliphatic rings. The minimum Gasteiger partial charge on any atom is -0.324 e. The van der Waals surface area contributed by atoms with Crippen LogP contribution in [0, 0.1) is 18.8 Å². The number of halogens is 1. The molecule has 3 unspecified atom stereocenters. The predicted molar refractivity (Wildman–Crippen MR) is 74.2 cm³/mol. The van der Waals surface area contributed by atoms with Gasteiger partial charge in [-0.05, 0) is 48.8 Å². The van der Waals surface area contributed by atoms with Crippen LogP contribution in [-0.4, -0.2) is 0 Å². The molecule has 1 nitrogen and oxygen atoms in total. The molecule has 1 aromatic carbocycles. The Bertz CT molecular complexity index is 389. The highest BCUT2D eigenvalue weighted by Gasteiger charge is 2.26. The molecule has 2 rings (SSSR count). The molecule has 94 valence electrons. The van der Waals surface area contributed by atoms with E-state index in [1.165, 1.54) is 31.2 Å². The van der Waals surface area contributed by atoms with E-state index in [4.69, 9.17) is 17.3 Å². The summed E-state index contributed by atoms with van der Waals surface area (Å²) in [4.78, 5) is 0. The lowest BCUT2D eigenvalue weighted by molar-refractivity contribution is 0.247. The fraction of sp³-hybridized carbons (Fsp3) is 0.600. The van der Waals surface area contributed by atoms with Gasteiger partial charge in [-0.25, -0.2) is 0 Å². The van der Waals surface area contributed by atoms with Gasteiger partial charge in [-0.3, -0.25) is 0 Å². The zero-order chi connectivity index (χ0) is 12.4. The molecule has 17 heavy (non-hydrogen) atoms. The first-order chi connectivity index (χ1) is 8.09. The second-order valence-corrected chi connectivity index (χ2v) is 5.92. The molecule has 0 heterocycles. The number of hydrogen-bond acceptors (Lipinski definition) is 1. The van der Waals surface area contributed by atoms with Gasteiger partial charge in [0.05, 0.1) is 0 Å². The topological polar surface area (TPSA) is 26.0 Å². The summed E-state index contributed by atoms with van der Waals surface area (Å²) in [6.45, 7) is 4.41. The molecule has 0 aliphatic heterocycles. The van der Waals surface area contributed by atoms with Crippen molar-refractivity contribution in [3.05, 3.63) is 34.3 Å². The van der Waals surface area contributed by atoms with Crippen LogP contribution in [0.15, 0.2) is 18.2 Å². The van der Waals surface area contributed by atoms with Crippen molar-refractivity contribution < 1.29 is 0 Å². The number of rotatable bonds is 2. The Kier molecular flexibility index (Phi) is 4.11. The van der Waals surface area contributed by atoms with Crippen LogP contribution in [0.3, 0.4) is 0 Å². The molecule has 2 N–H and O–H groups in total. The molecule has 1 aliphatic carbocycles. The first kappa shape index (κ1) is 12.9. The maximum absolute atomic E-state index is 6.44. The van der Waals surface area contributed by atoms with Crippen LogP contribution < -0.4 is 5.73 Å². The van der Waals surface area contributed by atoms with Gasteiger partial charge in [0.15, 0.2) is 0 Å². The maximum Gasteiger partial charge on any atom is 0.0438 e. The lowest BCUT2D eigenvalue weighted by Gasteiger charge is -2.32. The Morgan fingerprint density at radius 3 is 2.82 bits per heavy atom. The second kappa shape index (κ2) is 5.41. The third-order valence-electron chi connectivity index (χ3n) is 4.15. The smallest absolute Gasteiger partial charge is 0.0438 e. The summed E-state index contributed by atoms with van der Waals surface area (Å²) in [5.41, 5.74) is 8.83. The molecular weight excluding hydrogens is 230 g/mol. The van der Waals surface area contributed by atoms with Crippen molar-refractivity contribution in [1.82, 2.24) is 0 Å². The highest BCUT2D eigenvalue weighted by atomic mass is 35.5. The Morgan fingerprint density at radius 2 is 2.12 bits per heavy atom. The van der Waals surface area contributed by atoms with E-state index in [0.29, 0.717) is 5.92 Å². The van der Waals surface area contributed by atoms with Crippen LogP contribution in [0.2, 0.25) is 5.02 Å². The summed E-state index contributed by atoms with van der Waals surface area (Å²) >= 11 is 6.17. The van der Waals surface area contributed by atoms with Crippen molar-refractivity contribution in [2.75, 3.05) is 0 Å². The van der Waals surface area contributed by atoms with Crippen LogP contribution in [0.25, 0.3) is 0 Å². The zero-order valence-electron chi connectivity index (χ0n) is 10.7. The highest BCUT2D eigenvalue weighted by Crippen LogP contribution is 2.37. The molecule has 0 bridgehead atoms. The largest absolute Gasteiger partial charge is 0.324 e. The maximum atomic E-state index is 6.44. The molecule has 1 saturated carbocycles. The molecule has 0 spiro atoms. The monoisotopic (exact) mass is 251 g/mol. The predicted octanol–water partition coefficient (Wildman–Crippen LogP) is 4.47. The fourth-order valence-electron chi connectivity index (χ4n) is 3.05.